The Hall–Kier alpha value is -0.0400. The summed E-state index contributed by atoms with van der Waals surface area (Å²) in [4.78, 5) is 0. The molecule has 1 heteroatoms. The van der Waals surface area contributed by atoms with E-state index in [0.717, 1.165) is 13.2 Å². The predicted octanol–water partition coefficient (Wildman–Crippen LogP) is 4.55. The summed E-state index contributed by atoms with van der Waals surface area (Å²) in [5, 5.41) is 0. The second kappa shape index (κ2) is 13.0. The second-order valence-electron chi connectivity index (χ2n) is 4.03. The van der Waals surface area contributed by atoms with E-state index in [1.54, 1.807) is 0 Å². The van der Waals surface area contributed by atoms with Crippen LogP contribution >= 0.6 is 0 Å². The summed E-state index contributed by atoms with van der Waals surface area (Å²) < 4.78 is 5.29. The van der Waals surface area contributed by atoms with E-state index in [4.69, 9.17) is 4.74 Å². The van der Waals surface area contributed by atoms with Gasteiger partial charge in [0.25, 0.3) is 0 Å². The van der Waals surface area contributed by atoms with Gasteiger partial charge in [0.15, 0.2) is 0 Å². The molecule has 1 nitrogen and oxygen atoms in total. The molecule has 0 atom stereocenters. The van der Waals surface area contributed by atoms with Gasteiger partial charge < -0.3 is 4.74 Å². The molecule has 0 aliphatic carbocycles. The molecule has 0 rings (SSSR count). The number of unbranched alkanes of at least 4 members (excludes halogenated alkanes) is 8. The Morgan fingerprint density at radius 1 is 0.643 bits per heavy atom. The van der Waals surface area contributed by atoms with Gasteiger partial charge in [-0.05, 0) is 13.3 Å². The fourth-order valence-electron chi connectivity index (χ4n) is 1.66. The minimum atomic E-state index is 0.872. The summed E-state index contributed by atoms with van der Waals surface area (Å²) in [5.74, 6) is 0. The zero-order valence-electron chi connectivity index (χ0n) is 10.2. The van der Waals surface area contributed by atoms with Crippen molar-refractivity contribution in [2.75, 3.05) is 13.2 Å². The Morgan fingerprint density at radius 2 is 1.14 bits per heavy atom. The highest BCUT2D eigenvalue weighted by molar-refractivity contribution is 4.46. The van der Waals surface area contributed by atoms with Crippen LogP contribution in [0.1, 0.15) is 71.6 Å². The van der Waals surface area contributed by atoms with Gasteiger partial charge in [-0.15, -0.1) is 0 Å². The Kier molecular flexibility index (Phi) is 12.9. The normalized spacial score (nSPS) is 10.7. The van der Waals surface area contributed by atoms with Gasteiger partial charge in [0, 0.05) is 13.2 Å². The fourth-order valence-corrected chi connectivity index (χ4v) is 1.66. The van der Waals surface area contributed by atoms with Crippen molar-refractivity contribution in [3.63, 3.8) is 0 Å². The van der Waals surface area contributed by atoms with Crippen molar-refractivity contribution in [3.8, 4) is 0 Å². The second-order valence-corrected chi connectivity index (χ2v) is 4.03. The van der Waals surface area contributed by atoms with Gasteiger partial charge in [0.1, 0.15) is 0 Å². The number of hydrogen-bond acceptors (Lipinski definition) is 1. The molecule has 0 fully saturated rings. The fraction of sp³-hybridized carbons (Fsp3) is 1.00. The number of hydrogen-bond donors (Lipinski definition) is 0. The molecule has 0 radical (unpaired) electrons. The van der Waals surface area contributed by atoms with Gasteiger partial charge in [-0.2, -0.15) is 0 Å². The third-order valence-corrected chi connectivity index (χ3v) is 2.60. The predicted molar refractivity (Wildman–Crippen MR) is 63.7 cm³/mol. The molecule has 0 unspecified atom stereocenters. The molecule has 0 heterocycles. The van der Waals surface area contributed by atoms with Crippen LogP contribution in [0.3, 0.4) is 0 Å². The Balaban J connectivity index is 2.78. The van der Waals surface area contributed by atoms with Crippen molar-refractivity contribution in [3.05, 3.63) is 0 Å². The van der Waals surface area contributed by atoms with Gasteiger partial charge in [-0.1, -0.05) is 58.3 Å². The van der Waals surface area contributed by atoms with Gasteiger partial charge in [-0.3, -0.25) is 0 Å². The molecule has 0 spiro atoms. The van der Waals surface area contributed by atoms with Crippen LogP contribution in [0.2, 0.25) is 0 Å². The van der Waals surface area contributed by atoms with Crippen LogP contribution in [0.25, 0.3) is 0 Å². The molecule has 0 saturated heterocycles. The van der Waals surface area contributed by atoms with Crippen LogP contribution in [0.15, 0.2) is 0 Å². The van der Waals surface area contributed by atoms with Crippen LogP contribution in [-0.4, -0.2) is 13.2 Å². The molecule has 86 valence electrons. The monoisotopic (exact) mass is 200 g/mol. The highest BCUT2D eigenvalue weighted by Gasteiger charge is 1.91. The molecule has 0 amide bonds. The lowest BCUT2D eigenvalue weighted by Crippen LogP contribution is -1.92. The van der Waals surface area contributed by atoms with E-state index in [-0.39, 0.29) is 0 Å². The molecule has 0 N–H and O–H groups in total. The van der Waals surface area contributed by atoms with E-state index >= 15 is 0 Å². The Morgan fingerprint density at radius 3 is 1.64 bits per heavy atom. The highest BCUT2D eigenvalue weighted by Crippen LogP contribution is 2.09. The van der Waals surface area contributed by atoms with Crippen LogP contribution in [-0.2, 0) is 4.74 Å². The third-order valence-electron chi connectivity index (χ3n) is 2.60. The van der Waals surface area contributed by atoms with Crippen molar-refractivity contribution in [1.29, 1.82) is 0 Å². The maximum absolute atomic E-state index is 5.29. The zero-order valence-corrected chi connectivity index (χ0v) is 10.2. The largest absolute Gasteiger partial charge is 0.382 e. The van der Waals surface area contributed by atoms with E-state index in [1.165, 1.54) is 57.8 Å². The van der Waals surface area contributed by atoms with E-state index in [2.05, 4.69) is 13.8 Å². The summed E-state index contributed by atoms with van der Waals surface area (Å²) in [6.45, 7) is 6.17. The lowest BCUT2D eigenvalue weighted by atomic mass is 10.1. The summed E-state index contributed by atoms with van der Waals surface area (Å²) in [5.41, 5.74) is 0. The lowest BCUT2D eigenvalue weighted by molar-refractivity contribution is 0.143. The molecule has 0 saturated carbocycles. The van der Waals surface area contributed by atoms with Crippen molar-refractivity contribution < 1.29 is 4.74 Å². The average Bonchev–Trinajstić information content (AvgIpc) is 2.21. The maximum Gasteiger partial charge on any atom is 0.0465 e. The molecular weight excluding hydrogens is 172 g/mol. The third kappa shape index (κ3) is 12.0. The van der Waals surface area contributed by atoms with Crippen molar-refractivity contribution >= 4 is 0 Å². The van der Waals surface area contributed by atoms with Gasteiger partial charge in [-0.25, -0.2) is 0 Å². The van der Waals surface area contributed by atoms with Crippen LogP contribution in [0.4, 0.5) is 0 Å². The summed E-state index contributed by atoms with van der Waals surface area (Å²) in [6.07, 6.45) is 12.5. The van der Waals surface area contributed by atoms with Crippen LogP contribution in [0.5, 0.6) is 0 Å². The summed E-state index contributed by atoms with van der Waals surface area (Å²) in [6, 6.07) is 0. The lowest BCUT2D eigenvalue weighted by Gasteiger charge is -2.02. The topological polar surface area (TPSA) is 9.23 Å². The van der Waals surface area contributed by atoms with E-state index in [0.29, 0.717) is 0 Å². The molecule has 0 aromatic carbocycles. The number of ether oxygens (including phenoxy) is 1. The number of rotatable bonds is 11. The SMILES string of the molecule is CCCCCCCCCCCOCC. The first-order valence-corrected chi connectivity index (χ1v) is 6.49. The molecule has 0 aromatic rings. The highest BCUT2D eigenvalue weighted by atomic mass is 16.5. The van der Waals surface area contributed by atoms with E-state index < -0.39 is 0 Å². The first kappa shape index (κ1) is 14.0. The van der Waals surface area contributed by atoms with Crippen LogP contribution in [0, 0.1) is 0 Å². The first-order chi connectivity index (χ1) is 6.91. The maximum atomic E-state index is 5.29. The van der Waals surface area contributed by atoms with Gasteiger partial charge in [0.05, 0.1) is 0 Å². The molecule has 14 heavy (non-hydrogen) atoms. The molecule has 0 bridgehead atoms. The Bertz CT molecular complexity index is 79.2. The molecule has 0 aromatic heterocycles. The molecule has 0 aliphatic rings. The average molecular weight is 200 g/mol. The zero-order chi connectivity index (χ0) is 10.5. The molecular formula is C13H28O. The standard InChI is InChI=1S/C13H28O/c1-3-5-6-7-8-9-10-11-12-13-14-4-2/h3-13H2,1-2H3. The van der Waals surface area contributed by atoms with Gasteiger partial charge >= 0.3 is 0 Å². The summed E-state index contributed by atoms with van der Waals surface area (Å²) in [7, 11) is 0. The summed E-state index contributed by atoms with van der Waals surface area (Å²) >= 11 is 0. The van der Waals surface area contributed by atoms with Crippen molar-refractivity contribution in [2.45, 2.75) is 71.6 Å². The minimum absolute atomic E-state index is 0.872. The van der Waals surface area contributed by atoms with E-state index in [9.17, 15) is 0 Å². The first-order valence-electron chi connectivity index (χ1n) is 6.49. The minimum Gasteiger partial charge on any atom is -0.382 e. The van der Waals surface area contributed by atoms with Gasteiger partial charge in [0.2, 0.25) is 0 Å². The quantitative estimate of drug-likeness (QED) is 0.444. The van der Waals surface area contributed by atoms with Crippen molar-refractivity contribution in [1.82, 2.24) is 0 Å². The molecule has 0 aliphatic heterocycles. The van der Waals surface area contributed by atoms with E-state index in [1.807, 2.05) is 0 Å². The van der Waals surface area contributed by atoms with Crippen LogP contribution < -0.4 is 0 Å². The van der Waals surface area contributed by atoms with Crippen molar-refractivity contribution in [2.24, 2.45) is 0 Å². The smallest absolute Gasteiger partial charge is 0.0465 e. The Labute approximate surface area is 90.2 Å².